The maximum Gasteiger partial charge on any atom is 0.348 e. The number of rotatable bonds is 5. The summed E-state index contributed by atoms with van der Waals surface area (Å²) < 4.78 is 4.87. The van der Waals surface area contributed by atoms with Crippen molar-refractivity contribution in [2.45, 2.75) is 12.2 Å². The lowest BCUT2D eigenvalue weighted by Crippen LogP contribution is -2.43. The fraction of sp³-hybridized carbons (Fsp3) is 0.200. The number of ether oxygens (including phenoxy) is 1. The first-order chi connectivity index (χ1) is 7.52. The van der Waals surface area contributed by atoms with Gasteiger partial charge in [0.25, 0.3) is 0 Å². The van der Waals surface area contributed by atoms with Crippen LogP contribution in [0, 0.1) is 0 Å². The predicted molar refractivity (Wildman–Crippen MR) is 52.1 cm³/mol. The molecule has 1 aromatic rings. The molecule has 0 saturated carbocycles. The molecule has 0 amide bonds. The second-order valence-corrected chi connectivity index (χ2v) is 2.97. The number of aliphatic carboxylic acids is 2. The molecule has 2 unspecified atom stereocenters. The third-order valence-electron chi connectivity index (χ3n) is 1.79. The van der Waals surface area contributed by atoms with Crippen LogP contribution in [0.1, 0.15) is 0 Å². The van der Waals surface area contributed by atoms with E-state index < -0.39 is 24.1 Å². The monoisotopic (exact) mass is 226 g/mol. The van der Waals surface area contributed by atoms with Gasteiger partial charge in [-0.3, -0.25) is 0 Å². The number of para-hydroxylation sites is 1. The Kier molecular flexibility index (Phi) is 3.84. The molecule has 0 spiro atoms. The largest absolute Gasteiger partial charge is 0.479 e. The molecule has 0 aromatic heterocycles. The number of benzene rings is 1. The molecule has 86 valence electrons. The van der Waals surface area contributed by atoms with E-state index in [4.69, 9.17) is 20.1 Å². The molecule has 0 radical (unpaired) electrons. The van der Waals surface area contributed by atoms with E-state index in [0.29, 0.717) is 0 Å². The number of aliphatic hydroxyl groups excluding tert-OH is 1. The topological polar surface area (TPSA) is 104 Å². The van der Waals surface area contributed by atoms with Gasteiger partial charge in [-0.05, 0) is 12.1 Å². The van der Waals surface area contributed by atoms with Gasteiger partial charge in [-0.2, -0.15) is 0 Å². The van der Waals surface area contributed by atoms with E-state index in [-0.39, 0.29) is 5.75 Å². The molecule has 0 aliphatic carbocycles. The summed E-state index contributed by atoms with van der Waals surface area (Å²) in [5, 5.41) is 26.3. The molecule has 6 nitrogen and oxygen atoms in total. The molecule has 1 rings (SSSR count). The van der Waals surface area contributed by atoms with Crippen molar-refractivity contribution in [1.29, 1.82) is 0 Å². The van der Waals surface area contributed by atoms with Gasteiger partial charge in [0.1, 0.15) is 5.75 Å². The Morgan fingerprint density at radius 3 is 2.06 bits per heavy atom. The molecular weight excluding hydrogens is 216 g/mol. The smallest absolute Gasteiger partial charge is 0.348 e. The lowest BCUT2D eigenvalue weighted by molar-refractivity contribution is -0.163. The Hall–Kier alpha value is -2.08. The molecule has 1 aromatic carbocycles. The molecule has 3 N–H and O–H groups in total. The van der Waals surface area contributed by atoms with Gasteiger partial charge in [0.15, 0.2) is 6.10 Å². The van der Waals surface area contributed by atoms with E-state index in [0.717, 1.165) is 0 Å². The van der Waals surface area contributed by atoms with Crippen LogP contribution < -0.4 is 4.74 Å². The SMILES string of the molecule is O=C(O)C(O)C(Oc1ccccc1)C(=O)O. The van der Waals surface area contributed by atoms with Gasteiger partial charge >= 0.3 is 11.9 Å². The fourth-order valence-corrected chi connectivity index (χ4v) is 1.03. The molecule has 0 fully saturated rings. The first kappa shape index (κ1) is 12.0. The van der Waals surface area contributed by atoms with Crippen LogP contribution in [0.25, 0.3) is 0 Å². The standard InChI is InChI=1S/C10H10O6/c11-7(9(12)13)8(10(14)15)16-6-4-2-1-3-5-6/h1-5,7-8,11H,(H,12,13)(H,14,15). The average molecular weight is 226 g/mol. The maximum absolute atomic E-state index is 10.7. The van der Waals surface area contributed by atoms with Crippen molar-refractivity contribution < 1.29 is 29.6 Å². The number of hydrogen-bond donors (Lipinski definition) is 3. The van der Waals surface area contributed by atoms with E-state index in [1.807, 2.05) is 0 Å². The molecular formula is C10H10O6. The molecule has 2 atom stereocenters. The van der Waals surface area contributed by atoms with Crippen molar-refractivity contribution in [3.05, 3.63) is 30.3 Å². The highest BCUT2D eigenvalue weighted by Crippen LogP contribution is 2.13. The van der Waals surface area contributed by atoms with Crippen LogP contribution in [0.3, 0.4) is 0 Å². The summed E-state index contributed by atoms with van der Waals surface area (Å²) in [4.78, 5) is 21.1. The highest BCUT2D eigenvalue weighted by molar-refractivity contribution is 5.83. The Balaban J connectivity index is 2.81. The Labute approximate surface area is 90.7 Å². The van der Waals surface area contributed by atoms with Crippen LogP contribution in [0.2, 0.25) is 0 Å². The Bertz CT molecular complexity index is 374. The van der Waals surface area contributed by atoms with Crippen molar-refractivity contribution in [2.24, 2.45) is 0 Å². The van der Waals surface area contributed by atoms with Gasteiger partial charge in [0.05, 0.1) is 0 Å². The summed E-state index contributed by atoms with van der Waals surface area (Å²) in [7, 11) is 0. The lowest BCUT2D eigenvalue weighted by Gasteiger charge is -2.17. The third kappa shape index (κ3) is 2.96. The minimum Gasteiger partial charge on any atom is -0.479 e. The van der Waals surface area contributed by atoms with E-state index >= 15 is 0 Å². The molecule has 16 heavy (non-hydrogen) atoms. The zero-order chi connectivity index (χ0) is 12.1. The molecule has 6 heteroatoms. The fourth-order valence-electron chi connectivity index (χ4n) is 1.03. The quantitative estimate of drug-likeness (QED) is 0.651. The van der Waals surface area contributed by atoms with Crippen LogP contribution >= 0.6 is 0 Å². The molecule has 0 heterocycles. The molecule has 0 saturated heterocycles. The number of carbonyl (C=O) groups is 2. The van der Waals surface area contributed by atoms with Crippen molar-refractivity contribution in [1.82, 2.24) is 0 Å². The lowest BCUT2D eigenvalue weighted by atomic mass is 10.2. The summed E-state index contributed by atoms with van der Waals surface area (Å²) >= 11 is 0. The van der Waals surface area contributed by atoms with Gasteiger partial charge < -0.3 is 20.1 Å². The van der Waals surface area contributed by atoms with Crippen molar-refractivity contribution in [2.75, 3.05) is 0 Å². The first-order valence-electron chi connectivity index (χ1n) is 4.37. The van der Waals surface area contributed by atoms with E-state index in [1.54, 1.807) is 18.2 Å². The van der Waals surface area contributed by atoms with E-state index in [1.165, 1.54) is 12.1 Å². The van der Waals surface area contributed by atoms with Crippen LogP contribution in [0.5, 0.6) is 5.75 Å². The van der Waals surface area contributed by atoms with Gasteiger partial charge in [-0.15, -0.1) is 0 Å². The number of carboxylic acid groups (broad SMARTS) is 2. The summed E-state index contributed by atoms with van der Waals surface area (Å²) in [5.41, 5.74) is 0. The summed E-state index contributed by atoms with van der Waals surface area (Å²) in [6.45, 7) is 0. The highest BCUT2D eigenvalue weighted by atomic mass is 16.5. The van der Waals surface area contributed by atoms with Crippen LogP contribution in [-0.2, 0) is 9.59 Å². The number of aliphatic hydroxyl groups is 1. The second-order valence-electron chi connectivity index (χ2n) is 2.97. The van der Waals surface area contributed by atoms with Crippen molar-refractivity contribution in [3.63, 3.8) is 0 Å². The van der Waals surface area contributed by atoms with Crippen LogP contribution in [-0.4, -0.2) is 39.5 Å². The zero-order valence-corrected chi connectivity index (χ0v) is 8.11. The summed E-state index contributed by atoms with van der Waals surface area (Å²) in [6, 6.07) is 7.81. The van der Waals surface area contributed by atoms with E-state index in [2.05, 4.69) is 0 Å². The summed E-state index contributed by atoms with van der Waals surface area (Å²) in [5.74, 6) is -3.02. The number of hydrogen-bond acceptors (Lipinski definition) is 4. The van der Waals surface area contributed by atoms with Crippen molar-refractivity contribution in [3.8, 4) is 5.75 Å². The van der Waals surface area contributed by atoms with Gasteiger partial charge in [-0.25, -0.2) is 9.59 Å². The molecule has 0 aliphatic heterocycles. The highest BCUT2D eigenvalue weighted by Gasteiger charge is 2.34. The Morgan fingerprint density at radius 2 is 1.62 bits per heavy atom. The minimum atomic E-state index is -2.11. The summed E-state index contributed by atoms with van der Waals surface area (Å²) in [6.07, 6.45) is -3.95. The van der Waals surface area contributed by atoms with Gasteiger partial charge in [0.2, 0.25) is 6.10 Å². The molecule has 0 aliphatic rings. The van der Waals surface area contributed by atoms with Gasteiger partial charge in [-0.1, -0.05) is 18.2 Å². The Morgan fingerprint density at radius 1 is 1.06 bits per heavy atom. The maximum atomic E-state index is 10.7. The van der Waals surface area contributed by atoms with Crippen molar-refractivity contribution >= 4 is 11.9 Å². The van der Waals surface area contributed by atoms with Crippen LogP contribution in [0.15, 0.2) is 30.3 Å². The predicted octanol–water partition coefficient (Wildman–Crippen LogP) is -0.0359. The minimum absolute atomic E-state index is 0.176. The third-order valence-corrected chi connectivity index (χ3v) is 1.79. The van der Waals surface area contributed by atoms with Gasteiger partial charge in [0, 0.05) is 0 Å². The van der Waals surface area contributed by atoms with E-state index in [9.17, 15) is 9.59 Å². The zero-order valence-electron chi connectivity index (χ0n) is 8.11. The van der Waals surface area contributed by atoms with Crippen LogP contribution in [0.4, 0.5) is 0 Å². The normalized spacial score (nSPS) is 13.8. The number of carboxylic acids is 2. The molecule has 0 bridgehead atoms. The first-order valence-corrected chi connectivity index (χ1v) is 4.37. The average Bonchev–Trinajstić information content (AvgIpc) is 2.26. The second kappa shape index (κ2) is 5.13.